The standard InChI is InChI=1S/C13H14N2O/c14-7-11-6-12(9-15-8-11)10-16-13-4-2-1-3-5-13/h1-6,8-9H,7,10,14H2. The normalized spacial score (nSPS) is 10.1. The fourth-order valence-corrected chi connectivity index (χ4v) is 1.42. The molecule has 0 aliphatic heterocycles. The summed E-state index contributed by atoms with van der Waals surface area (Å²) in [5.74, 6) is 0.862. The first-order chi connectivity index (χ1) is 7.88. The van der Waals surface area contributed by atoms with Crippen molar-refractivity contribution in [3.05, 3.63) is 59.9 Å². The third-order valence-corrected chi connectivity index (χ3v) is 2.24. The molecule has 1 heterocycles. The van der Waals surface area contributed by atoms with Gasteiger partial charge in [0.1, 0.15) is 12.4 Å². The van der Waals surface area contributed by atoms with Gasteiger partial charge >= 0.3 is 0 Å². The Bertz CT molecular complexity index is 443. The molecule has 0 radical (unpaired) electrons. The van der Waals surface area contributed by atoms with Crippen LogP contribution in [0, 0.1) is 0 Å². The molecule has 0 unspecified atom stereocenters. The van der Waals surface area contributed by atoms with Gasteiger partial charge in [-0.3, -0.25) is 4.98 Å². The van der Waals surface area contributed by atoms with Crippen LogP contribution in [0.15, 0.2) is 48.8 Å². The van der Waals surface area contributed by atoms with Crippen LogP contribution >= 0.6 is 0 Å². The fraction of sp³-hybridized carbons (Fsp3) is 0.154. The van der Waals surface area contributed by atoms with Crippen LogP contribution in [0.4, 0.5) is 0 Å². The second-order valence-electron chi connectivity index (χ2n) is 3.51. The highest BCUT2D eigenvalue weighted by molar-refractivity contribution is 5.22. The Hall–Kier alpha value is -1.87. The lowest BCUT2D eigenvalue weighted by molar-refractivity contribution is 0.305. The number of rotatable bonds is 4. The van der Waals surface area contributed by atoms with E-state index in [1.54, 1.807) is 12.4 Å². The number of pyridine rings is 1. The molecule has 0 saturated carbocycles. The molecule has 0 aliphatic rings. The number of para-hydroxylation sites is 1. The maximum absolute atomic E-state index is 5.61. The van der Waals surface area contributed by atoms with Crippen LogP contribution in [0.5, 0.6) is 5.75 Å². The van der Waals surface area contributed by atoms with Crippen molar-refractivity contribution < 1.29 is 4.74 Å². The predicted octanol–water partition coefficient (Wildman–Crippen LogP) is 2.12. The first kappa shape index (κ1) is 10.6. The van der Waals surface area contributed by atoms with Crippen LogP contribution in [-0.2, 0) is 13.2 Å². The summed E-state index contributed by atoms with van der Waals surface area (Å²) in [6, 6.07) is 11.7. The van der Waals surface area contributed by atoms with E-state index in [1.807, 2.05) is 36.4 Å². The molecular formula is C13H14N2O. The van der Waals surface area contributed by atoms with Gasteiger partial charge in [-0.25, -0.2) is 0 Å². The molecule has 3 nitrogen and oxygen atoms in total. The lowest BCUT2D eigenvalue weighted by Crippen LogP contribution is -2.01. The van der Waals surface area contributed by atoms with E-state index in [1.165, 1.54) is 0 Å². The maximum Gasteiger partial charge on any atom is 0.119 e. The number of nitrogens with zero attached hydrogens (tertiary/aromatic N) is 1. The first-order valence-electron chi connectivity index (χ1n) is 5.19. The molecular weight excluding hydrogens is 200 g/mol. The van der Waals surface area contributed by atoms with Crippen LogP contribution in [0.1, 0.15) is 11.1 Å². The Morgan fingerprint density at radius 3 is 2.56 bits per heavy atom. The average Bonchev–Trinajstić information content (AvgIpc) is 2.38. The van der Waals surface area contributed by atoms with Crippen molar-refractivity contribution in [2.24, 2.45) is 5.73 Å². The van der Waals surface area contributed by atoms with E-state index < -0.39 is 0 Å². The SMILES string of the molecule is NCc1cncc(COc2ccccc2)c1. The minimum Gasteiger partial charge on any atom is -0.489 e. The van der Waals surface area contributed by atoms with Gasteiger partial charge in [0.2, 0.25) is 0 Å². The number of benzene rings is 1. The zero-order chi connectivity index (χ0) is 11.2. The maximum atomic E-state index is 5.61. The molecule has 2 N–H and O–H groups in total. The zero-order valence-corrected chi connectivity index (χ0v) is 8.97. The molecule has 0 atom stereocenters. The van der Waals surface area contributed by atoms with E-state index in [4.69, 9.17) is 10.5 Å². The van der Waals surface area contributed by atoms with Crippen molar-refractivity contribution in [2.75, 3.05) is 0 Å². The lowest BCUT2D eigenvalue weighted by Gasteiger charge is -2.06. The molecule has 3 heteroatoms. The molecule has 0 bridgehead atoms. The average molecular weight is 214 g/mol. The molecule has 1 aromatic heterocycles. The summed E-state index contributed by atoms with van der Waals surface area (Å²) >= 11 is 0. The third-order valence-electron chi connectivity index (χ3n) is 2.24. The van der Waals surface area contributed by atoms with Gasteiger partial charge in [-0.05, 0) is 23.8 Å². The summed E-state index contributed by atoms with van der Waals surface area (Å²) in [4.78, 5) is 4.11. The number of ether oxygens (including phenoxy) is 1. The Morgan fingerprint density at radius 2 is 1.81 bits per heavy atom. The highest BCUT2D eigenvalue weighted by Crippen LogP contribution is 2.11. The van der Waals surface area contributed by atoms with Gasteiger partial charge in [0.15, 0.2) is 0 Å². The van der Waals surface area contributed by atoms with E-state index in [-0.39, 0.29) is 0 Å². The minimum absolute atomic E-state index is 0.506. The van der Waals surface area contributed by atoms with Crippen molar-refractivity contribution in [3.63, 3.8) is 0 Å². The Balaban J connectivity index is 1.99. The smallest absolute Gasteiger partial charge is 0.119 e. The summed E-state index contributed by atoms with van der Waals surface area (Å²) in [6.07, 6.45) is 3.56. The third kappa shape index (κ3) is 2.81. The quantitative estimate of drug-likeness (QED) is 0.848. The predicted molar refractivity (Wildman–Crippen MR) is 62.9 cm³/mol. The molecule has 2 rings (SSSR count). The van der Waals surface area contributed by atoms with Crippen LogP contribution in [0.3, 0.4) is 0 Å². The summed E-state index contributed by atoms with van der Waals surface area (Å²) < 4.78 is 5.61. The summed E-state index contributed by atoms with van der Waals surface area (Å²) in [7, 11) is 0. The van der Waals surface area contributed by atoms with Crippen molar-refractivity contribution in [1.29, 1.82) is 0 Å². The van der Waals surface area contributed by atoms with E-state index in [0.29, 0.717) is 13.2 Å². The van der Waals surface area contributed by atoms with Crippen LogP contribution < -0.4 is 10.5 Å². The Morgan fingerprint density at radius 1 is 1.06 bits per heavy atom. The van der Waals surface area contributed by atoms with Crippen LogP contribution in [0.2, 0.25) is 0 Å². The molecule has 1 aromatic carbocycles. The highest BCUT2D eigenvalue weighted by Gasteiger charge is 1.97. The molecule has 16 heavy (non-hydrogen) atoms. The van der Waals surface area contributed by atoms with Crippen molar-refractivity contribution in [2.45, 2.75) is 13.2 Å². The monoisotopic (exact) mass is 214 g/mol. The van der Waals surface area contributed by atoms with Gasteiger partial charge in [-0.2, -0.15) is 0 Å². The number of nitrogens with two attached hydrogens (primary N) is 1. The topological polar surface area (TPSA) is 48.1 Å². The highest BCUT2D eigenvalue weighted by atomic mass is 16.5. The first-order valence-corrected chi connectivity index (χ1v) is 5.19. The molecule has 2 aromatic rings. The van der Waals surface area contributed by atoms with Crippen molar-refractivity contribution in [1.82, 2.24) is 4.98 Å². The van der Waals surface area contributed by atoms with Gasteiger partial charge in [0, 0.05) is 24.5 Å². The second-order valence-corrected chi connectivity index (χ2v) is 3.51. The molecule has 0 fully saturated rings. The molecule has 0 aliphatic carbocycles. The molecule has 0 amide bonds. The van der Waals surface area contributed by atoms with Gasteiger partial charge in [-0.1, -0.05) is 18.2 Å². The fourth-order valence-electron chi connectivity index (χ4n) is 1.42. The molecule has 0 spiro atoms. The van der Waals surface area contributed by atoms with Gasteiger partial charge in [-0.15, -0.1) is 0 Å². The van der Waals surface area contributed by atoms with Crippen LogP contribution in [-0.4, -0.2) is 4.98 Å². The Kier molecular flexibility index (Phi) is 3.51. The van der Waals surface area contributed by atoms with Gasteiger partial charge in [0.25, 0.3) is 0 Å². The summed E-state index contributed by atoms with van der Waals surface area (Å²) in [5.41, 5.74) is 7.60. The largest absolute Gasteiger partial charge is 0.489 e. The molecule has 82 valence electrons. The second kappa shape index (κ2) is 5.28. The van der Waals surface area contributed by atoms with E-state index in [0.717, 1.165) is 16.9 Å². The van der Waals surface area contributed by atoms with Gasteiger partial charge in [0.05, 0.1) is 0 Å². The van der Waals surface area contributed by atoms with Crippen molar-refractivity contribution in [3.8, 4) is 5.75 Å². The minimum atomic E-state index is 0.506. The number of aromatic nitrogens is 1. The lowest BCUT2D eigenvalue weighted by atomic mass is 10.2. The van der Waals surface area contributed by atoms with E-state index in [2.05, 4.69) is 4.98 Å². The van der Waals surface area contributed by atoms with Crippen molar-refractivity contribution >= 4 is 0 Å². The molecule has 0 saturated heterocycles. The number of hydrogen-bond acceptors (Lipinski definition) is 3. The summed E-state index contributed by atoms with van der Waals surface area (Å²) in [5, 5.41) is 0. The number of hydrogen-bond donors (Lipinski definition) is 1. The van der Waals surface area contributed by atoms with Crippen LogP contribution in [0.25, 0.3) is 0 Å². The zero-order valence-electron chi connectivity index (χ0n) is 8.97. The van der Waals surface area contributed by atoms with Gasteiger partial charge < -0.3 is 10.5 Å². The van der Waals surface area contributed by atoms with E-state index in [9.17, 15) is 0 Å². The summed E-state index contributed by atoms with van der Waals surface area (Å²) in [6.45, 7) is 1.02. The Labute approximate surface area is 94.9 Å². The van der Waals surface area contributed by atoms with E-state index >= 15 is 0 Å².